The van der Waals surface area contributed by atoms with Crippen LogP contribution < -0.4 is 4.74 Å². The Hall–Kier alpha value is -2.09. The van der Waals surface area contributed by atoms with Gasteiger partial charge in [0, 0.05) is 5.71 Å². The first-order valence-electron chi connectivity index (χ1n) is 8.51. The third kappa shape index (κ3) is 2.67. The lowest BCUT2D eigenvalue weighted by molar-refractivity contribution is 0.414. The normalized spacial score (nSPS) is 23.6. The molecule has 2 atom stereocenters. The van der Waals surface area contributed by atoms with E-state index in [0.717, 1.165) is 25.0 Å². The van der Waals surface area contributed by atoms with Crippen LogP contribution in [0.3, 0.4) is 0 Å². The van der Waals surface area contributed by atoms with Crippen molar-refractivity contribution in [1.82, 2.24) is 0 Å². The fourth-order valence-corrected chi connectivity index (χ4v) is 3.81. The standard InChI is InChI=1S/C21H25NO/c1-4-18-15-21(20(5-2)22-18,16-9-7-6-8-10-16)17-11-13-19(23-3)14-12-17/h6-14,18H,4-5,15H2,1-3H3. The molecular formula is C21H25NO. The second-order valence-corrected chi connectivity index (χ2v) is 6.20. The predicted octanol–water partition coefficient (Wildman–Crippen LogP) is 5.01. The molecule has 23 heavy (non-hydrogen) atoms. The van der Waals surface area contributed by atoms with E-state index in [1.165, 1.54) is 16.8 Å². The molecule has 0 amide bonds. The van der Waals surface area contributed by atoms with Crippen molar-refractivity contribution in [2.75, 3.05) is 7.11 Å². The van der Waals surface area contributed by atoms with Crippen molar-refractivity contribution in [2.45, 2.75) is 44.6 Å². The highest BCUT2D eigenvalue weighted by molar-refractivity contribution is 6.00. The first-order chi connectivity index (χ1) is 11.2. The summed E-state index contributed by atoms with van der Waals surface area (Å²) < 4.78 is 5.34. The average molecular weight is 307 g/mol. The van der Waals surface area contributed by atoms with E-state index in [2.05, 4.69) is 68.4 Å². The summed E-state index contributed by atoms with van der Waals surface area (Å²) in [6.07, 6.45) is 3.13. The fraction of sp³-hybridized carbons (Fsp3) is 0.381. The third-order valence-electron chi connectivity index (χ3n) is 5.03. The van der Waals surface area contributed by atoms with Gasteiger partial charge in [-0.25, -0.2) is 0 Å². The maximum Gasteiger partial charge on any atom is 0.118 e. The van der Waals surface area contributed by atoms with E-state index in [0.29, 0.717) is 6.04 Å². The van der Waals surface area contributed by atoms with Gasteiger partial charge in [0.15, 0.2) is 0 Å². The topological polar surface area (TPSA) is 21.6 Å². The number of hydrogen-bond acceptors (Lipinski definition) is 2. The molecule has 2 nitrogen and oxygen atoms in total. The molecule has 2 aromatic rings. The van der Waals surface area contributed by atoms with Crippen molar-refractivity contribution in [3.05, 3.63) is 65.7 Å². The Bertz CT molecular complexity index is 675. The van der Waals surface area contributed by atoms with Crippen LogP contribution in [0.2, 0.25) is 0 Å². The van der Waals surface area contributed by atoms with E-state index < -0.39 is 0 Å². The molecule has 3 rings (SSSR count). The highest BCUT2D eigenvalue weighted by Gasteiger charge is 2.44. The molecular weight excluding hydrogens is 282 g/mol. The van der Waals surface area contributed by atoms with E-state index in [-0.39, 0.29) is 5.41 Å². The number of benzene rings is 2. The molecule has 2 unspecified atom stereocenters. The Balaban J connectivity index is 2.16. The summed E-state index contributed by atoms with van der Waals surface area (Å²) in [5.41, 5.74) is 3.88. The average Bonchev–Trinajstić information content (AvgIpc) is 3.02. The Morgan fingerprint density at radius 2 is 1.65 bits per heavy atom. The van der Waals surface area contributed by atoms with Crippen LogP contribution in [0.15, 0.2) is 59.6 Å². The molecule has 0 spiro atoms. The van der Waals surface area contributed by atoms with Crippen LogP contribution in [-0.2, 0) is 5.41 Å². The van der Waals surface area contributed by atoms with Crippen molar-refractivity contribution in [3.63, 3.8) is 0 Å². The van der Waals surface area contributed by atoms with Gasteiger partial charge in [-0.15, -0.1) is 0 Å². The second kappa shape index (κ2) is 6.57. The van der Waals surface area contributed by atoms with Crippen molar-refractivity contribution >= 4 is 5.71 Å². The highest BCUT2D eigenvalue weighted by Crippen LogP contribution is 2.44. The molecule has 0 bridgehead atoms. The SMILES string of the molecule is CCC1=NC(CC)CC1(c1ccccc1)c1ccc(OC)cc1. The van der Waals surface area contributed by atoms with Crippen LogP contribution in [0, 0.1) is 0 Å². The molecule has 0 aliphatic carbocycles. The maximum absolute atomic E-state index is 5.34. The van der Waals surface area contributed by atoms with Crippen LogP contribution in [0.25, 0.3) is 0 Å². The van der Waals surface area contributed by atoms with Crippen LogP contribution in [-0.4, -0.2) is 18.9 Å². The summed E-state index contributed by atoms with van der Waals surface area (Å²) in [6, 6.07) is 19.8. The molecule has 0 N–H and O–H groups in total. The van der Waals surface area contributed by atoms with Crippen molar-refractivity contribution in [2.24, 2.45) is 4.99 Å². The number of nitrogens with zero attached hydrogens (tertiary/aromatic N) is 1. The molecule has 0 radical (unpaired) electrons. The van der Waals surface area contributed by atoms with Crippen molar-refractivity contribution in [1.29, 1.82) is 0 Å². The van der Waals surface area contributed by atoms with E-state index in [9.17, 15) is 0 Å². The van der Waals surface area contributed by atoms with Gasteiger partial charge in [0.25, 0.3) is 0 Å². The summed E-state index contributed by atoms with van der Waals surface area (Å²) >= 11 is 0. The predicted molar refractivity (Wildman–Crippen MR) is 96.6 cm³/mol. The minimum Gasteiger partial charge on any atom is -0.497 e. The highest BCUT2D eigenvalue weighted by atomic mass is 16.5. The summed E-state index contributed by atoms with van der Waals surface area (Å²) in [4.78, 5) is 5.06. The van der Waals surface area contributed by atoms with Crippen LogP contribution in [0.5, 0.6) is 5.75 Å². The Kier molecular flexibility index (Phi) is 4.51. The van der Waals surface area contributed by atoms with Gasteiger partial charge in [0.1, 0.15) is 5.75 Å². The summed E-state index contributed by atoms with van der Waals surface area (Å²) in [6.45, 7) is 4.45. The lowest BCUT2D eigenvalue weighted by atomic mass is 9.68. The first kappa shape index (κ1) is 15.8. The van der Waals surface area contributed by atoms with Crippen molar-refractivity contribution < 1.29 is 4.74 Å². The van der Waals surface area contributed by atoms with E-state index in [1.54, 1.807) is 7.11 Å². The Morgan fingerprint density at radius 1 is 1.00 bits per heavy atom. The minimum absolute atomic E-state index is 0.0943. The quantitative estimate of drug-likeness (QED) is 0.760. The molecule has 120 valence electrons. The first-order valence-corrected chi connectivity index (χ1v) is 8.51. The van der Waals surface area contributed by atoms with Gasteiger partial charge in [-0.3, -0.25) is 4.99 Å². The Morgan fingerprint density at radius 3 is 2.22 bits per heavy atom. The molecule has 2 aromatic carbocycles. The zero-order valence-corrected chi connectivity index (χ0v) is 14.3. The van der Waals surface area contributed by atoms with Gasteiger partial charge in [0.2, 0.25) is 0 Å². The van der Waals surface area contributed by atoms with Gasteiger partial charge in [-0.2, -0.15) is 0 Å². The summed E-state index contributed by atoms with van der Waals surface area (Å²) in [5.74, 6) is 0.900. The zero-order valence-electron chi connectivity index (χ0n) is 14.3. The lowest BCUT2D eigenvalue weighted by Gasteiger charge is -2.33. The molecule has 0 aromatic heterocycles. The van der Waals surface area contributed by atoms with E-state index >= 15 is 0 Å². The molecule has 0 fully saturated rings. The summed E-state index contributed by atoms with van der Waals surface area (Å²) in [5, 5.41) is 0. The van der Waals surface area contributed by atoms with Crippen LogP contribution in [0.1, 0.15) is 44.2 Å². The smallest absolute Gasteiger partial charge is 0.118 e. The van der Waals surface area contributed by atoms with E-state index in [4.69, 9.17) is 9.73 Å². The maximum atomic E-state index is 5.34. The molecule has 1 aliphatic rings. The van der Waals surface area contributed by atoms with Gasteiger partial charge in [-0.1, -0.05) is 56.3 Å². The van der Waals surface area contributed by atoms with Gasteiger partial charge >= 0.3 is 0 Å². The number of methoxy groups -OCH3 is 1. The number of aliphatic imine (C=N–C) groups is 1. The van der Waals surface area contributed by atoms with Gasteiger partial charge in [0.05, 0.1) is 18.6 Å². The Labute approximate surface area is 139 Å². The molecule has 2 heteroatoms. The van der Waals surface area contributed by atoms with Crippen molar-refractivity contribution in [3.8, 4) is 5.75 Å². The third-order valence-corrected chi connectivity index (χ3v) is 5.03. The lowest BCUT2D eigenvalue weighted by Crippen LogP contribution is -2.34. The molecule has 1 heterocycles. The fourth-order valence-electron chi connectivity index (χ4n) is 3.81. The monoisotopic (exact) mass is 307 g/mol. The number of ether oxygens (including phenoxy) is 1. The largest absolute Gasteiger partial charge is 0.497 e. The second-order valence-electron chi connectivity index (χ2n) is 6.20. The molecule has 0 saturated heterocycles. The number of hydrogen-bond donors (Lipinski definition) is 0. The van der Waals surface area contributed by atoms with Crippen LogP contribution >= 0.6 is 0 Å². The van der Waals surface area contributed by atoms with Crippen LogP contribution in [0.4, 0.5) is 0 Å². The summed E-state index contributed by atoms with van der Waals surface area (Å²) in [7, 11) is 1.71. The minimum atomic E-state index is -0.0943. The number of rotatable bonds is 5. The van der Waals surface area contributed by atoms with Gasteiger partial charge in [-0.05, 0) is 42.5 Å². The van der Waals surface area contributed by atoms with Gasteiger partial charge < -0.3 is 4.74 Å². The van der Waals surface area contributed by atoms with E-state index in [1.807, 2.05) is 0 Å². The molecule has 0 saturated carbocycles. The zero-order chi connectivity index (χ0) is 16.3. The molecule has 1 aliphatic heterocycles.